The Morgan fingerprint density at radius 3 is 2.53 bits per heavy atom. The van der Waals surface area contributed by atoms with Crippen LogP contribution in [0.4, 0.5) is 10.1 Å². The molecule has 32 heavy (non-hydrogen) atoms. The number of hydrogen-bond donors (Lipinski definition) is 2. The molecule has 0 fully saturated rings. The van der Waals surface area contributed by atoms with Crippen LogP contribution in [0.3, 0.4) is 0 Å². The lowest BCUT2D eigenvalue weighted by Crippen LogP contribution is -2.32. The van der Waals surface area contributed by atoms with Crippen molar-refractivity contribution in [3.63, 3.8) is 0 Å². The number of benzene rings is 3. The van der Waals surface area contributed by atoms with E-state index < -0.39 is 16.8 Å². The molecule has 0 saturated heterocycles. The maximum absolute atomic E-state index is 13.8. The van der Waals surface area contributed by atoms with E-state index in [2.05, 4.69) is 5.32 Å². The lowest BCUT2D eigenvalue weighted by atomic mass is 10.0. The summed E-state index contributed by atoms with van der Waals surface area (Å²) in [6.07, 6.45) is -0.120. The van der Waals surface area contributed by atoms with Gasteiger partial charge < -0.3 is 15.2 Å². The average Bonchev–Trinajstić information content (AvgIpc) is 2.78. The molecule has 3 rings (SSSR count). The maximum atomic E-state index is 13.8. The number of nitro benzene ring substituents is 1. The van der Waals surface area contributed by atoms with E-state index in [0.29, 0.717) is 16.6 Å². The van der Waals surface area contributed by atoms with Crippen molar-refractivity contribution in [2.75, 3.05) is 19.7 Å². The van der Waals surface area contributed by atoms with Crippen LogP contribution in [0.15, 0.2) is 60.7 Å². The van der Waals surface area contributed by atoms with Crippen LogP contribution in [0.2, 0.25) is 10.0 Å². The highest BCUT2D eigenvalue weighted by Crippen LogP contribution is 2.30. The molecule has 6 nitrogen and oxygen atoms in total. The molecule has 2 N–H and O–H groups in total. The highest BCUT2D eigenvalue weighted by atomic mass is 35.5. The van der Waals surface area contributed by atoms with Gasteiger partial charge in [0.05, 0.1) is 11.0 Å². The highest BCUT2D eigenvalue weighted by Gasteiger charge is 2.13. The van der Waals surface area contributed by atoms with E-state index in [1.165, 1.54) is 6.07 Å². The summed E-state index contributed by atoms with van der Waals surface area (Å²) in [5.74, 6) is -0.989. The van der Waals surface area contributed by atoms with Crippen molar-refractivity contribution in [2.24, 2.45) is 0 Å². The van der Waals surface area contributed by atoms with Crippen molar-refractivity contribution in [2.45, 2.75) is 12.5 Å². The predicted octanol–water partition coefficient (Wildman–Crippen LogP) is 5.28. The Hall–Kier alpha value is -2.71. The Labute approximate surface area is 194 Å². The number of hydrogen-bond acceptors (Lipinski definition) is 5. The number of ether oxygens (including phenoxy) is 1. The van der Waals surface area contributed by atoms with Crippen LogP contribution in [0, 0.1) is 15.9 Å². The van der Waals surface area contributed by atoms with Crippen LogP contribution < -0.4 is 10.1 Å². The first kappa shape index (κ1) is 23.9. The average molecular weight is 479 g/mol. The van der Waals surface area contributed by atoms with E-state index >= 15 is 0 Å². The summed E-state index contributed by atoms with van der Waals surface area (Å²) in [5, 5.41) is 25.0. The number of nitrogens with one attached hydrogen (secondary N) is 1. The molecule has 9 heteroatoms. The molecule has 3 aromatic rings. The second-order valence-electron chi connectivity index (χ2n) is 7.11. The van der Waals surface area contributed by atoms with Crippen molar-refractivity contribution >= 4 is 28.9 Å². The van der Waals surface area contributed by atoms with E-state index in [1.54, 1.807) is 12.1 Å². The zero-order chi connectivity index (χ0) is 23.1. The molecule has 0 aromatic heterocycles. The number of non-ortho nitro benzene ring substituents is 1. The van der Waals surface area contributed by atoms with Crippen LogP contribution in [-0.2, 0) is 6.42 Å². The van der Waals surface area contributed by atoms with Crippen molar-refractivity contribution < 1.29 is 19.2 Å². The normalized spacial score (nSPS) is 11.9. The Morgan fingerprint density at radius 1 is 1.09 bits per heavy atom. The van der Waals surface area contributed by atoms with Crippen LogP contribution in [-0.4, -0.2) is 35.8 Å². The molecule has 0 aliphatic heterocycles. The Kier molecular flexibility index (Phi) is 8.41. The Morgan fingerprint density at radius 2 is 1.84 bits per heavy atom. The minimum Gasteiger partial charge on any atom is -0.488 e. The highest BCUT2D eigenvalue weighted by molar-refractivity contribution is 6.35. The van der Waals surface area contributed by atoms with Crippen LogP contribution >= 0.6 is 23.2 Å². The summed E-state index contributed by atoms with van der Waals surface area (Å²) >= 11 is 12.3. The quantitative estimate of drug-likeness (QED) is 0.235. The molecule has 0 bridgehead atoms. The monoisotopic (exact) mass is 478 g/mol. The van der Waals surface area contributed by atoms with E-state index in [9.17, 15) is 19.6 Å². The topological polar surface area (TPSA) is 84.6 Å². The molecule has 0 saturated carbocycles. The smallest absolute Gasteiger partial charge is 0.272 e. The van der Waals surface area contributed by atoms with Gasteiger partial charge in [-0.1, -0.05) is 47.5 Å². The zero-order valence-electron chi connectivity index (χ0n) is 16.9. The lowest BCUT2D eigenvalue weighted by molar-refractivity contribution is -0.385. The largest absolute Gasteiger partial charge is 0.488 e. The molecule has 168 valence electrons. The van der Waals surface area contributed by atoms with E-state index in [0.717, 1.165) is 35.2 Å². The van der Waals surface area contributed by atoms with Gasteiger partial charge in [0.2, 0.25) is 0 Å². The number of aliphatic hydroxyl groups excluding tert-OH is 1. The molecule has 0 spiro atoms. The van der Waals surface area contributed by atoms with Crippen LogP contribution in [0.1, 0.15) is 5.56 Å². The van der Waals surface area contributed by atoms with Gasteiger partial charge in [0.25, 0.3) is 5.69 Å². The summed E-state index contributed by atoms with van der Waals surface area (Å²) in [5.41, 5.74) is 2.59. The molecular weight excluding hydrogens is 458 g/mol. The van der Waals surface area contributed by atoms with Gasteiger partial charge in [-0.05, 0) is 48.4 Å². The Balaban J connectivity index is 1.41. The summed E-state index contributed by atoms with van der Waals surface area (Å²) in [4.78, 5) is 9.94. The molecule has 1 atom stereocenters. The zero-order valence-corrected chi connectivity index (χ0v) is 18.4. The minimum absolute atomic E-state index is 0.142. The molecule has 0 aliphatic carbocycles. The number of nitro groups is 1. The van der Waals surface area contributed by atoms with Crippen LogP contribution in [0.5, 0.6) is 5.75 Å². The first-order valence-corrected chi connectivity index (χ1v) is 10.6. The first-order chi connectivity index (χ1) is 15.3. The van der Waals surface area contributed by atoms with Crippen molar-refractivity contribution in [1.29, 1.82) is 0 Å². The molecule has 1 unspecified atom stereocenters. The standard InChI is InChI=1S/C23H21Cl2FN2O4/c24-17-5-7-21(25)20(11-17)16-3-1-15(2-4-16)9-10-27-13-19(29)14-32-23-8-6-18(28(30)31)12-22(23)26/h1-8,11-12,19,27,29H,9-10,13-14H2. The predicted molar refractivity (Wildman–Crippen MR) is 123 cm³/mol. The van der Waals surface area contributed by atoms with E-state index in [-0.39, 0.29) is 24.6 Å². The van der Waals surface area contributed by atoms with E-state index in [1.807, 2.05) is 30.3 Å². The van der Waals surface area contributed by atoms with Gasteiger partial charge >= 0.3 is 0 Å². The number of aliphatic hydroxyl groups is 1. The summed E-state index contributed by atoms with van der Waals surface area (Å²) in [6, 6.07) is 16.4. The van der Waals surface area contributed by atoms with Crippen molar-refractivity contribution in [1.82, 2.24) is 5.32 Å². The number of halogens is 3. The molecule has 0 aliphatic rings. The summed E-state index contributed by atoms with van der Waals surface area (Å²) in [6.45, 7) is 0.738. The van der Waals surface area contributed by atoms with Gasteiger partial charge in [-0.25, -0.2) is 4.39 Å². The van der Waals surface area contributed by atoms with Crippen molar-refractivity contribution in [3.05, 3.63) is 92.2 Å². The van der Waals surface area contributed by atoms with Crippen molar-refractivity contribution in [3.8, 4) is 16.9 Å². The van der Waals surface area contributed by atoms with E-state index in [4.69, 9.17) is 27.9 Å². The van der Waals surface area contributed by atoms with Gasteiger partial charge in [0.15, 0.2) is 11.6 Å². The van der Waals surface area contributed by atoms with Gasteiger partial charge in [0, 0.05) is 28.2 Å². The number of nitrogens with zero attached hydrogens (tertiary/aromatic N) is 1. The maximum Gasteiger partial charge on any atom is 0.272 e. The second-order valence-corrected chi connectivity index (χ2v) is 7.96. The molecule has 0 amide bonds. The SMILES string of the molecule is O=[N+]([O-])c1ccc(OCC(O)CNCCc2ccc(-c3cc(Cl)ccc3Cl)cc2)c(F)c1. The fourth-order valence-electron chi connectivity index (χ4n) is 3.04. The fourth-order valence-corrected chi connectivity index (χ4v) is 3.44. The fraction of sp³-hybridized carbons (Fsp3) is 0.217. The van der Waals surface area contributed by atoms with Crippen LogP contribution in [0.25, 0.3) is 11.1 Å². The molecular formula is C23H21Cl2FN2O4. The molecule has 0 radical (unpaired) electrons. The summed E-state index contributed by atoms with van der Waals surface area (Å²) in [7, 11) is 0. The van der Waals surface area contributed by atoms with Gasteiger partial charge in [-0.15, -0.1) is 0 Å². The third-order valence-corrected chi connectivity index (χ3v) is 5.29. The number of rotatable bonds is 10. The third kappa shape index (κ3) is 6.64. The summed E-state index contributed by atoms with van der Waals surface area (Å²) < 4.78 is 19.0. The second kappa shape index (κ2) is 11.2. The third-order valence-electron chi connectivity index (χ3n) is 4.72. The lowest BCUT2D eigenvalue weighted by Gasteiger charge is -2.14. The van der Waals surface area contributed by atoms with Gasteiger partial charge in [0.1, 0.15) is 12.7 Å². The van der Waals surface area contributed by atoms with Gasteiger partial charge in [-0.2, -0.15) is 0 Å². The molecule has 0 heterocycles. The Bertz CT molecular complexity index is 1080. The van der Waals surface area contributed by atoms with Gasteiger partial charge in [-0.3, -0.25) is 10.1 Å². The first-order valence-electron chi connectivity index (χ1n) is 9.83. The minimum atomic E-state index is -0.864. The molecule has 3 aromatic carbocycles.